The van der Waals surface area contributed by atoms with Gasteiger partial charge in [-0.05, 0) is 37.1 Å². The number of carboxylic acid groups (broad SMARTS) is 3. The maximum atomic E-state index is 13.0. The number of nitrogens with one attached hydrogen (secondary N) is 5. The van der Waals surface area contributed by atoms with Gasteiger partial charge in [-0.15, -0.1) is 0 Å². The average molecular weight is 881 g/mol. The number of aromatic amines is 1. The molecule has 0 radical (unpaired) electrons. The Morgan fingerprint density at radius 2 is 1.37 bits per heavy atom. The summed E-state index contributed by atoms with van der Waals surface area (Å²) in [7, 11) is 1.61. The van der Waals surface area contributed by atoms with Crippen LogP contribution in [-0.2, 0) is 30.5 Å². The van der Waals surface area contributed by atoms with Crippen molar-refractivity contribution in [2.24, 2.45) is 0 Å². The molecule has 1 atom stereocenters. The maximum absolute atomic E-state index is 13.0. The summed E-state index contributed by atoms with van der Waals surface area (Å²) >= 11 is 0. The van der Waals surface area contributed by atoms with Gasteiger partial charge >= 0.3 is 17.9 Å². The Kier molecular flexibility index (Phi) is 19.3. The number of aromatic nitrogens is 4. The van der Waals surface area contributed by atoms with Crippen molar-refractivity contribution in [2.45, 2.75) is 38.3 Å². The second-order valence-corrected chi connectivity index (χ2v) is 15.0. The van der Waals surface area contributed by atoms with Gasteiger partial charge in [-0.2, -0.15) is 4.98 Å². The van der Waals surface area contributed by atoms with Crippen LogP contribution in [0.25, 0.3) is 11.2 Å². The van der Waals surface area contributed by atoms with Crippen molar-refractivity contribution in [1.82, 2.24) is 50.2 Å². The van der Waals surface area contributed by atoms with Gasteiger partial charge < -0.3 is 41.7 Å². The molecule has 0 saturated carbocycles. The Labute approximate surface area is 362 Å². The second-order valence-electron chi connectivity index (χ2n) is 15.0. The molecular formula is C40H56N12O11. The maximum Gasteiger partial charge on any atom is 0.326 e. The molecule has 1 fully saturated rings. The molecule has 23 nitrogen and oxygen atoms in total. The standard InChI is InChI=1S/C40H56N12O11/c1-26(53)22-49-12-16-51(24-33(56)57)18-14-50(15-19-52(17-13-49)25-34(58)59)23-32(55)42-11-3-4-30(54)9-10-31(39(62)63)46-37(60)27-5-7-28(8-6-27)43-20-29-21-44-36-35(45-29)38(61)48-40(41-2)47-36/h5-8,21,31,43,53H,1,3-4,9-20,22-25H2,2H3,(H,42,55)(H,46,60)(H,56,57)(H,58,59)(H,62,63)(H2,41,44,47,48,61)/t31-/m0/s1. The molecule has 1 aromatic carbocycles. The van der Waals surface area contributed by atoms with E-state index in [4.69, 9.17) is 0 Å². The van der Waals surface area contributed by atoms with Crippen LogP contribution < -0.4 is 26.8 Å². The number of aliphatic carboxylic acids is 3. The predicted molar refractivity (Wildman–Crippen MR) is 229 cm³/mol. The van der Waals surface area contributed by atoms with E-state index in [-0.39, 0.29) is 105 Å². The number of H-pyrrole nitrogens is 1. The van der Waals surface area contributed by atoms with Crippen molar-refractivity contribution in [3.63, 3.8) is 0 Å². The van der Waals surface area contributed by atoms with Crippen molar-refractivity contribution >= 4 is 58.3 Å². The fraction of sp³-hybridized carbons (Fsp3) is 0.500. The third kappa shape index (κ3) is 17.4. The van der Waals surface area contributed by atoms with Gasteiger partial charge in [-0.3, -0.25) is 53.4 Å². The van der Waals surface area contributed by atoms with Crippen molar-refractivity contribution in [3.05, 3.63) is 64.4 Å². The molecule has 1 aliphatic rings. The minimum Gasteiger partial charge on any atom is -0.512 e. The molecule has 4 rings (SSSR count). The van der Waals surface area contributed by atoms with E-state index in [0.717, 1.165) is 0 Å². The van der Waals surface area contributed by atoms with E-state index < -0.39 is 35.4 Å². The number of carbonyl (C=O) groups excluding carboxylic acids is 3. The van der Waals surface area contributed by atoms with Crippen LogP contribution in [0.1, 0.15) is 41.7 Å². The number of carboxylic acids is 3. The lowest BCUT2D eigenvalue weighted by Crippen LogP contribution is -2.49. The van der Waals surface area contributed by atoms with Gasteiger partial charge in [-0.1, -0.05) is 6.58 Å². The number of hydrogen-bond acceptors (Lipinski definition) is 17. The van der Waals surface area contributed by atoms with Crippen LogP contribution in [0.2, 0.25) is 0 Å². The van der Waals surface area contributed by atoms with Gasteiger partial charge in [0.1, 0.15) is 11.8 Å². The lowest BCUT2D eigenvalue weighted by atomic mass is 10.1. The Balaban J connectivity index is 1.20. The van der Waals surface area contributed by atoms with E-state index in [1.807, 2.05) is 9.80 Å². The zero-order valence-corrected chi connectivity index (χ0v) is 35.2. The summed E-state index contributed by atoms with van der Waals surface area (Å²) in [6.45, 7) is 6.35. The van der Waals surface area contributed by atoms with E-state index >= 15 is 0 Å². The highest BCUT2D eigenvalue weighted by atomic mass is 16.4. The number of benzene rings is 1. The molecule has 1 saturated heterocycles. The minimum atomic E-state index is -1.33. The molecule has 0 spiro atoms. The van der Waals surface area contributed by atoms with Gasteiger partial charge in [-0.25, -0.2) is 14.8 Å². The highest BCUT2D eigenvalue weighted by Gasteiger charge is 2.23. The number of carbonyl (C=O) groups is 6. The normalized spacial score (nSPS) is 15.3. The number of aliphatic hydroxyl groups excluding tert-OH is 1. The number of amides is 2. The molecular weight excluding hydrogens is 825 g/mol. The first-order valence-corrected chi connectivity index (χ1v) is 20.4. The zero-order valence-electron chi connectivity index (χ0n) is 35.2. The van der Waals surface area contributed by atoms with Crippen LogP contribution in [0.4, 0.5) is 11.6 Å². The van der Waals surface area contributed by atoms with E-state index in [9.17, 15) is 54.0 Å². The number of fused-ring (bicyclic) bond motifs is 1. The van der Waals surface area contributed by atoms with Crippen LogP contribution in [0.3, 0.4) is 0 Å². The van der Waals surface area contributed by atoms with Crippen molar-refractivity contribution in [3.8, 4) is 0 Å². The molecule has 0 bridgehead atoms. The van der Waals surface area contributed by atoms with E-state index in [1.54, 1.807) is 29.0 Å². The number of ketones is 1. The summed E-state index contributed by atoms with van der Waals surface area (Å²) < 4.78 is 0. The molecule has 2 amide bonds. The quantitative estimate of drug-likeness (QED) is 0.0443. The lowest BCUT2D eigenvalue weighted by Gasteiger charge is -2.33. The van der Waals surface area contributed by atoms with Crippen molar-refractivity contribution in [1.29, 1.82) is 0 Å². The van der Waals surface area contributed by atoms with Gasteiger partial charge in [0.15, 0.2) is 11.2 Å². The molecule has 0 unspecified atom stereocenters. The number of rotatable bonds is 22. The van der Waals surface area contributed by atoms with Gasteiger partial charge in [0.2, 0.25) is 11.9 Å². The van der Waals surface area contributed by atoms with Crippen molar-refractivity contribution < 1.29 is 49.2 Å². The number of aliphatic hydroxyl groups is 1. The summed E-state index contributed by atoms with van der Waals surface area (Å²) in [6, 6.07) is 4.91. The van der Waals surface area contributed by atoms with Crippen molar-refractivity contribution in [2.75, 3.05) is 103 Å². The summed E-state index contributed by atoms with van der Waals surface area (Å²) in [5, 5.41) is 49.6. The third-order valence-electron chi connectivity index (χ3n) is 10.0. The predicted octanol–water partition coefficient (Wildman–Crippen LogP) is -0.742. The van der Waals surface area contributed by atoms with E-state index in [1.165, 1.54) is 18.3 Å². The lowest BCUT2D eigenvalue weighted by molar-refractivity contribution is -0.140. The highest BCUT2D eigenvalue weighted by molar-refractivity contribution is 5.97. The van der Waals surface area contributed by atoms with Crippen LogP contribution in [-0.4, -0.2) is 194 Å². The smallest absolute Gasteiger partial charge is 0.326 e. The average Bonchev–Trinajstić information content (AvgIpc) is 3.23. The molecule has 0 aliphatic carbocycles. The van der Waals surface area contributed by atoms with E-state index in [0.29, 0.717) is 63.7 Å². The Morgan fingerprint density at radius 3 is 1.90 bits per heavy atom. The SMILES string of the molecule is C=C(O)CN1CCN(CC(=O)O)CCN(CC(=O)NCCCC(=O)CC[C@H](NC(=O)c2ccc(NCc3cnc4nc(NC)[nH]c(=O)c4n3)cc2)C(=O)O)CCN(CC(=O)O)CC1. The van der Waals surface area contributed by atoms with Gasteiger partial charge in [0.25, 0.3) is 11.5 Å². The molecule has 63 heavy (non-hydrogen) atoms. The van der Waals surface area contributed by atoms with E-state index in [2.05, 4.69) is 47.8 Å². The molecule has 1 aliphatic heterocycles. The molecule has 3 heterocycles. The van der Waals surface area contributed by atoms with Crippen LogP contribution in [0.15, 0.2) is 47.6 Å². The first kappa shape index (κ1) is 49.1. The fourth-order valence-electron chi connectivity index (χ4n) is 6.64. The highest BCUT2D eigenvalue weighted by Crippen LogP contribution is 2.13. The van der Waals surface area contributed by atoms with Crippen LogP contribution >= 0.6 is 0 Å². The second kappa shape index (κ2) is 24.8. The molecule has 342 valence electrons. The first-order chi connectivity index (χ1) is 30.1. The zero-order chi connectivity index (χ0) is 45.9. The summed E-state index contributed by atoms with van der Waals surface area (Å²) in [4.78, 5) is 108. The van der Waals surface area contributed by atoms with Crippen LogP contribution in [0, 0.1) is 0 Å². The Bertz CT molecular complexity index is 2100. The summed E-state index contributed by atoms with van der Waals surface area (Å²) in [5.74, 6) is -4.36. The number of hydrogen-bond donors (Lipinski definition) is 9. The molecule has 9 N–H and O–H groups in total. The molecule has 2 aromatic heterocycles. The number of nitrogens with zero attached hydrogens (tertiary/aromatic N) is 7. The Hall–Kier alpha value is -6.56. The first-order valence-electron chi connectivity index (χ1n) is 20.4. The number of Topliss-reactive ketones (excluding diaryl/α,β-unsaturated/α-hetero) is 1. The summed E-state index contributed by atoms with van der Waals surface area (Å²) in [5.41, 5.74) is 1.11. The van der Waals surface area contributed by atoms with Crippen LogP contribution in [0.5, 0.6) is 0 Å². The number of anilines is 2. The van der Waals surface area contributed by atoms with Gasteiger partial charge in [0, 0.05) is 90.0 Å². The molecule has 3 aromatic rings. The van der Waals surface area contributed by atoms with Gasteiger partial charge in [0.05, 0.1) is 50.4 Å². The minimum absolute atomic E-state index is 0.0500. The molecule has 23 heteroatoms. The topological polar surface area (TPSA) is 316 Å². The Morgan fingerprint density at radius 1 is 0.794 bits per heavy atom. The fourth-order valence-corrected chi connectivity index (χ4v) is 6.64. The monoisotopic (exact) mass is 880 g/mol. The summed E-state index contributed by atoms with van der Waals surface area (Å²) in [6.07, 6.45) is 1.56. The third-order valence-corrected chi connectivity index (χ3v) is 10.0. The largest absolute Gasteiger partial charge is 0.512 e.